The number of hydrogen-bond acceptors (Lipinski definition) is 5. The van der Waals surface area contributed by atoms with Crippen LogP contribution in [0.2, 0.25) is 0 Å². The molecule has 0 spiro atoms. The maximum Gasteiger partial charge on any atom is 0.250 e. The average molecular weight is 646 g/mol. The van der Waals surface area contributed by atoms with Crippen LogP contribution in [0.3, 0.4) is 0 Å². The first-order valence-electron chi connectivity index (χ1n) is 17.0. The Hall–Kier alpha value is -5.54. The first-order valence-corrected chi connectivity index (χ1v) is 17.0. The highest BCUT2D eigenvalue weighted by Gasteiger charge is 2.38. The summed E-state index contributed by atoms with van der Waals surface area (Å²) in [4.78, 5) is 15.2. The van der Waals surface area contributed by atoms with Crippen LogP contribution in [0.25, 0.3) is 27.2 Å². The third-order valence-corrected chi connectivity index (χ3v) is 10.0. The summed E-state index contributed by atoms with van der Waals surface area (Å²) in [6, 6.07) is 34.1. The molecular formula is C43H43N5O. The first-order chi connectivity index (χ1) is 23.6. The molecule has 6 nitrogen and oxygen atoms in total. The number of allylic oxidation sites excluding steroid dienone is 5. The van der Waals surface area contributed by atoms with Crippen molar-refractivity contribution in [3.8, 4) is 0 Å². The second-order valence-corrected chi connectivity index (χ2v) is 14.2. The molecule has 1 unspecified atom stereocenters. The summed E-state index contributed by atoms with van der Waals surface area (Å²) in [5, 5.41) is 0. The Morgan fingerprint density at radius 3 is 1.86 bits per heavy atom. The lowest BCUT2D eigenvalue weighted by atomic mass is 9.62. The quantitative estimate of drug-likeness (QED) is 0.165. The lowest BCUT2D eigenvalue weighted by molar-refractivity contribution is 0.228. The van der Waals surface area contributed by atoms with Gasteiger partial charge in [0.15, 0.2) is 5.58 Å². The zero-order valence-corrected chi connectivity index (χ0v) is 29.2. The highest BCUT2D eigenvalue weighted by atomic mass is 16.3. The zero-order valence-electron chi connectivity index (χ0n) is 29.2. The summed E-state index contributed by atoms with van der Waals surface area (Å²) < 4.78 is 6.06. The van der Waals surface area contributed by atoms with Crippen molar-refractivity contribution in [1.82, 2.24) is 4.98 Å². The lowest BCUT2D eigenvalue weighted by Crippen LogP contribution is -2.31. The van der Waals surface area contributed by atoms with E-state index in [0.717, 1.165) is 47.4 Å². The van der Waals surface area contributed by atoms with Gasteiger partial charge in [0.1, 0.15) is 5.52 Å². The molecule has 49 heavy (non-hydrogen) atoms. The van der Waals surface area contributed by atoms with Crippen LogP contribution in [0.15, 0.2) is 125 Å². The van der Waals surface area contributed by atoms with Crippen molar-refractivity contribution >= 4 is 50.8 Å². The molecule has 2 aliphatic carbocycles. The van der Waals surface area contributed by atoms with Gasteiger partial charge in [-0.25, -0.2) is 9.83 Å². The molecule has 0 radical (unpaired) electrons. The maximum atomic E-state index is 8.09. The molecule has 246 valence electrons. The second kappa shape index (κ2) is 12.8. The number of rotatable bonds is 7. The third-order valence-electron chi connectivity index (χ3n) is 10.0. The van der Waals surface area contributed by atoms with E-state index in [2.05, 4.69) is 152 Å². The van der Waals surface area contributed by atoms with Gasteiger partial charge in [0, 0.05) is 56.6 Å². The topological polar surface area (TPSA) is 40.1 Å². The Balaban J connectivity index is 1.24. The molecule has 1 aromatic heterocycles. The van der Waals surface area contributed by atoms with Gasteiger partial charge in [0.05, 0.1) is 6.57 Å². The van der Waals surface area contributed by atoms with Crippen LogP contribution < -0.4 is 14.7 Å². The molecule has 5 aromatic rings. The number of fused-ring (bicyclic) bond motifs is 2. The van der Waals surface area contributed by atoms with Crippen molar-refractivity contribution in [2.45, 2.75) is 33.1 Å². The average Bonchev–Trinajstić information content (AvgIpc) is 3.53. The number of benzene rings is 4. The Bertz CT molecular complexity index is 2040. The second-order valence-electron chi connectivity index (χ2n) is 14.2. The van der Waals surface area contributed by atoms with E-state index in [1.165, 1.54) is 28.1 Å². The Kier molecular flexibility index (Phi) is 8.38. The molecule has 1 heterocycles. The van der Waals surface area contributed by atoms with Gasteiger partial charge < -0.3 is 19.1 Å². The number of nitrogens with zero attached hydrogens (tertiary/aromatic N) is 5. The van der Waals surface area contributed by atoms with Gasteiger partial charge in [-0.1, -0.05) is 50.3 Å². The molecule has 0 amide bonds. The van der Waals surface area contributed by atoms with Gasteiger partial charge in [0.2, 0.25) is 5.89 Å². The minimum Gasteiger partial charge on any atom is -0.447 e. The van der Waals surface area contributed by atoms with E-state index >= 15 is 0 Å². The molecule has 0 saturated heterocycles. The molecule has 1 atom stereocenters. The molecule has 0 N–H and O–H groups in total. The summed E-state index contributed by atoms with van der Waals surface area (Å²) in [7, 11) is 8.26. The Labute approximate surface area is 290 Å². The first kappa shape index (κ1) is 32.0. The van der Waals surface area contributed by atoms with Gasteiger partial charge >= 0.3 is 0 Å². The molecule has 0 fully saturated rings. The minimum absolute atomic E-state index is 0.0119. The van der Waals surface area contributed by atoms with Gasteiger partial charge in [-0.3, -0.25) is 0 Å². The summed E-state index contributed by atoms with van der Waals surface area (Å²) in [5.41, 5.74) is 12.5. The number of oxazole rings is 1. The predicted molar refractivity (Wildman–Crippen MR) is 204 cm³/mol. The number of anilines is 5. The Morgan fingerprint density at radius 2 is 1.31 bits per heavy atom. The molecule has 0 aliphatic heterocycles. The molecule has 2 aliphatic rings. The third kappa shape index (κ3) is 6.25. The van der Waals surface area contributed by atoms with Gasteiger partial charge in [0.25, 0.3) is 5.70 Å². The van der Waals surface area contributed by atoms with Gasteiger partial charge in [-0.15, -0.1) is 0 Å². The monoisotopic (exact) mass is 645 g/mol. The smallest absolute Gasteiger partial charge is 0.250 e. The summed E-state index contributed by atoms with van der Waals surface area (Å²) in [5.74, 6) is 0.839. The van der Waals surface area contributed by atoms with Crippen molar-refractivity contribution in [3.63, 3.8) is 0 Å². The van der Waals surface area contributed by atoms with E-state index in [1.54, 1.807) is 0 Å². The maximum absolute atomic E-state index is 8.09. The molecule has 7 rings (SSSR count). The number of para-hydroxylation sites is 2. The fraction of sp³-hybridized carbons (Fsp3) is 0.256. The van der Waals surface area contributed by atoms with Crippen LogP contribution in [0.4, 0.5) is 28.4 Å². The van der Waals surface area contributed by atoms with E-state index in [4.69, 9.17) is 11.0 Å². The number of aromatic nitrogens is 1. The van der Waals surface area contributed by atoms with Crippen LogP contribution in [0.1, 0.15) is 44.6 Å². The molecule has 4 aromatic carbocycles. The van der Waals surface area contributed by atoms with Crippen LogP contribution in [0.5, 0.6) is 0 Å². The summed E-state index contributed by atoms with van der Waals surface area (Å²) in [6.45, 7) is 12.8. The number of hydrogen-bond donors (Lipinski definition) is 0. The van der Waals surface area contributed by atoms with E-state index in [1.807, 2.05) is 24.3 Å². The summed E-state index contributed by atoms with van der Waals surface area (Å²) >= 11 is 0. The highest BCUT2D eigenvalue weighted by Crippen LogP contribution is 2.51. The molecular weight excluding hydrogens is 603 g/mol. The predicted octanol–water partition coefficient (Wildman–Crippen LogP) is 10.9. The lowest BCUT2D eigenvalue weighted by Gasteiger charge is -2.42. The van der Waals surface area contributed by atoms with Crippen molar-refractivity contribution in [2.75, 3.05) is 42.9 Å². The zero-order chi connectivity index (χ0) is 34.3. The van der Waals surface area contributed by atoms with Gasteiger partial charge in [-0.05, 0) is 126 Å². The van der Waals surface area contributed by atoms with Crippen LogP contribution >= 0.6 is 0 Å². The van der Waals surface area contributed by atoms with Crippen molar-refractivity contribution < 1.29 is 4.42 Å². The van der Waals surface area contributed by atoms with Crippen molar-refractivity contribution in [2.24, 2.45) is 11.3 Å². The van der Waals surface area contributed by atoms with Crippen molar-refractivity contribution in [3.05, 3.63) is 143 Å². The van der Waals surface area contributed by atoms with Crippen LogP contribution in [-0.2, 0) is 0 Å². The van der Waals surface area contributed by atoms with Gasteiger partial charge in [-0.2, -0.15) is 0 Å². The molecule has 0 bridgehead atoms. The summed E-state index contributed by atoms with van der Waals surface area (Å²) in [6.07, 6.45) is 7.53. The normalized spacial score (nSPS) is 17.8. The standard InChI is InChI=1S/C43H43N5O/c1-43(2)28-32(41(44-3)42-45-39-10-8-9-11-40(39)49-42)27-31-26-30(14-25-38(31)43)29-12-15-35(16-13-29)48(36-21-17-33(18-22-36)46(4)5)37-23-19-34(20-24-37)47(6)7/h8-13,15-24,26-27,38H,14,25,28H2,1-2,4-7H3/b41-32+. The van der Waals surface area contributed by atoms with E-state index in [-0.39, 0.29) is 5.41 Å². The van der Waals surface area contributed by atoms with E-state index in [0.29, 0.717) is 23.1 Å². The van der Waals surface area contributed by atoms with Crippen LogP contribution in [-0.4, -0.2) is 33.2 Å². The highest BCUT2D eigenvalue weighted by molar-refractivity contribution is 5.82. The molecule has 0 saturated carbocycles. The fourth-order valence-corrected chi connectivity index (χ4v) is 7.37. The van der Waals surface area contributed by atoms with E-state index < -0.39 is 0 Å². The van der Waals surface area contributed by atoms with Crippen molar-refractivity contribution in [1.29, 1.82) is 0 Å². The SMILES string of the molecule is [C-]#[N+]/C(=C1\C=C2C=C(c3ccc(N(c4ccc(N(C)C)cc4)c4ccc(N(C)C)cc4)cc3)CCC2C(C)(C)C1)c1nc2ccccc2o1. The fourth-order valence-electron chi connectivity index (χ4n) is 7.37. The molecule has 6 heteroatoms. The van der Waals surface area contributed by atoms with Crippen LogP contribution in [0, 0.1) is 17.9 Å². The van der Waals surface area contributed by atoms with E-state index in [9.17, 15) is 0 Å². The Morgan fingerprint density at radius 1 is 0.755 bits per heavy atom. The minimum atomic E-state index is 0.0119. The largest absolute Gasteiger partial charge is 0.447 e.